The third-order valence-corrected chi connectivity index (χ3v) is 1.78. The van der Waals surface area contributed by atoms with E-state index in [1.807, 2.05) is 18.2 Å². The summed E-state index contributed by atoms with van der Waals surface area (Å²) in [4.78, 5) is 0. The minimum absolute atomic E-state index is 0.523. The van der Waals surface area contributed by atoms with E-state index in [2.05, 4.69) is 49.3 Å². The zero-order valence-corrected chi connectivity index (χ0v) is 15.1. The van der Waals surface area contributed by atoms with Crippen molar-refractivity contribution >= 4 is 38.7 Å². The molecule has 2 aliphatic rings. The fraction of sp³-hybridized carbons (Fsp3) is 0.600. The van der Waals surface area contributed by atoms with E-state index in [4.69, 9.17) is 0 Å². The van der Waals surface area contributed by atoms with Gasteiger partial charge in [0.05, 0.1) is 0 Å². The summed E-state index contributed by atoms with van der Waals surface area (Å²) in [6.07, 6.45) is 11.8. The van der Waals surface area contributed by atoms with Crippen molar-refractivity contribution in [3.63, 3.8) is 0 Å². The second-order valence-electron chi connectivity index (χ2n) is 2.91. The van der Waals surface area contributed by atoms with Crippen LogP contribution in [-0.2, 0) is 11.2 Å². The number of halogens is 2. The standard InChI is InChI=1S/C5H10N.C5H6N.2HI.Pt/c2*1-2-4-6-5-3-1;;;/h1-5H2;1-4H,5H2;2*1H;/q2*-1;;;+4/p-2. The number of hydrogen-bond donors (Lipinski definition) is 0. The molecule has 0 atom stereocenters. The fourth-order valence-corrected chi connectivity index (χ4v) is 1.11. The Hall–Kier alpha value is 1.39. The summed E-state index contributed by atoms with van der Waals surface area (Å²) in [7, 11) is 0. The van der Waals surface area contributed by atoms with Crippen molar-refractivity contribution in [1.29, 1.82) is 0 Å². The number of hydrogen-bond acceptors (Lipinski definition) is 0. The van der Waals surface area contributed by atoms with E-state index in [-0.39, 0.29) is 0 Å². The normalized spacial score (nSPS) is 18.0. The minimum atomic E-state index is 0.523. The Morgan fingerprint density at radius 1 is 1.00 bits per heavy atom. The van der Waals surface area contributed by atoms with Crippen molar-refractivity contribution in [1.82, 2.24) is 0 Å². The first-order chi connectivity index (χ1) is 7.41. The Morgan fingerprint density at radius 2 is 1.67 bits per heavy atom. The summed E-state index contributed by atoms with van der Waals surface area (Å²) < 4.78 is 0. The first-order valence-corrected chi connectivity index (χ1v) is 17.7. The first-order valence-electron chi connectivity index (χ1n) is 4.85. The predicted octanol–water partition coefficient (Wildman–Crippen LogP) is 4.76. The molecule has 90 valence electrons. The van der Waals surface area contributed by atoms with Crippen LogP contribution in [0.5, 0.6) is 0 Å². The van der Waals surface area contributed by atoms with Gasteiger partial charge in [0.1, 0.15) is 0 Å². The molecule has 1 fully saturated rings. The fourth-order valence-electron chi connectivity index (χ4n) is 1.11. The van der Waals surface area contributed by atoms with E-state index < -0.39 is 0 Å². The molecule has 0 aromatic carbocycles. The summed E-state index contributed by atoms with van der Waals surface area (Å²) in [5.41, 5.74) is 0. The molecule has 2 aliphatic heterocycles. The van der Waals surface area contributed by atoms with Gasteiger partial charge in [0.15, 0.2) is 0 Å². The van der Waals surface area contributed by atoms with Crippen molar-refractivity contribution in [3.05, 3.63) is 35.1 Å². The molecule has 15 heavy (non-hydrogen) atoms. The Bertz CT molecular complexity index is 147. The van der Waals surface area contributed by atoms with Crippen molar-refractivity contribution in [2.45, 2.75) is 19.3 Å². The summed E-state index contributed by atoms with van der Waals surface area (Å²) in [5, 5.41) is 8.09. The molecule has 5 heteroatoms. The molecule has 0 unspecified atom stereocenters. The van der Waals surface area contributed by atoms with Crippen LogP contribution in [0.25, 0.3) is 10.6 Å². The van der Waals surface area contributed by atoms with E-state index in [0.717, 1.165) is 19.6 Å². The Labute approximate surface area is 122 Å². The molecule has 1 saturated heterocycles. The number of rotatable bonds is 0. The molecule has 0 aromatic heterocycles. The quantitative estimate of drug-likeness (QED) is 0.353. The third kappa shape index (κ3) is 15.4. The molecule has 0 spiro atoms. The van der Waals surface area contributed by atoms with Crippen molar-refractivity contribution in [3.8, 4) is 0 Å². The number of allylic oxidation sites excluding steroid dienone is 2. The zero-order chi connectivity index (χ0) is 11.2. The molecule has 0 N–H and O–H groups in total. The van der Waals surface area contributed by atoms with Gasteiger partial charge in [-0.15, -0.1) is 25.7 Å². The summed E-state index contributed by atoms with van der Waals surface area (Å²) in [6.45, 7) is 3.11. The number of piperidine rings is 1. The Morgan fingerprint density at radius 3 is 1.80 bits per heavy atom. The van der Waals surface area contributed by atoms with E-state index in [1.165, 1.54) is 19.3 Å². The molecule has 2 rings (SSSR count). The summed E-state index contributed by atoms with van der Waals surface area (Å²) in [5.74, 6) is 0. The molecular formula is C10H16I2N2Pt. The van der Waals surface area contributed by atoms with Gasteiger partial charge in [0, 0.05) is 0 Å². The summed E-state index contributed by atoms with van der Waals surface area (Å²) in [6, 6.07) is 0. The molecule has 2 nitrogen and oxygen atoms in total. The van der Waals surface area contributed by atoms with Crippen molar-refractivity contribution in [2.75, 3.05) is 19.6 Å². The van der Waals surface area contributed by atoms with Crippen LogP contribution in [0.3, 0.4) is 0 Å². The third-order valence-electron chi connectivity index (χ3n) is 1.78. The van der Waals surface area contributed by atoms with Crippen LogP contribution < -0.4 is 0 Å². The molecule has 0 aliphatic carbocycles. The maximum absolute atomic E-state index is 4.18. The van der Waals surface area contributed by atoms with Crippen LogP contribution >= 0.6 is 38.7 Å². The molecular weight excluding hydrogens is 597 g/mol. The van der Waals surface area contributed by atoms with E-state index >= 15 is 0 Å². The van der Waals surface area contributed by atoms with Crippen LogP contribution in [-0.4, -0.2) is 19.6 Å². The average molecular weight is 613 g/mol. The van der Waals surface area contributed by atoms with Gasteiger partial charge in [-0.25, -0.2) is 0 Å². The maximum atomic E-state index is 4.18. The zero-order valence-electron chi connectivity index (χ0n) is 8.52. The van der Waals surface area contributed by atoms with Gasteiger partial charge in [0.25, 0.3) is 0 Å². The molecule has 0 bridgehead atoms. The van der Waals surface area contributed by atoms with Crippen molar-refractivity contribution in [2.24, 2.45) is 0 Å². The number of nitrogens with zero attached hydrogens (tertiary/aromatic N) is 2. The summed E-state index contributed by atoms with van der Waals surface area (Å²) >= 11 is 5.30. The molecule has 0 amide bonds. The van der Waals surface area contributed by atoms with Gasteiger partial charge in [0.2, 0.25) is 0 Å². The van der Waals surface area contributed by atoms with E-state index in [1.54, 1.807) is 6.20 Å². The van der Waals surface area contributed by atoms with Crippen LogP contribution in [0.1, 0.15) is 19.3 Å². The Balaban J connectivity index is 0.000000210. The van der Waals surface area contributed by atoms with Gasteiger partial charge in [-0.05, 0) is 0 Å². The van der Waals surface area contributed by atoms with Gasteiger partial charge in [-0.1, -0.05) is 31.4 Å². The molecule has 0 radical (unpaired) electrons. The van der Waals surface area contributed by atoms with Crippen LogP contribution in [0, 0.1) is 0 Å². The van der Waals surface area contributed by atoms with Gasteiger partial charge < -0.3 is 10.6 Å². The van der Waals surface area contributed by atoms with Gasteiger partial charge in [-0.2, -0.15) is 6.20 Å². The first kappa shape index (κ1) is 16.4. The topological polar surface area (TPSA) is 28.2 Å². The van der Waals surface area contributed by atoms with Gasteiger partial charge >= 0.3 is 49.9 Å². The monoisotopic (exact) mass is 613 g/mol. The second kappa shape index (κ2) is 15.4. The van der Waals surface area contributed by atoms with Crippen LogP contribution in [0.15, 0.2) is 24.4 Å². The van der Waals surface area contributed by atoms with E-state index in [9.17, 15) is 0 Å². The van der Waals surface area contributed by atoms with Crippen LogP contribution in [0.4, 0.5) is 0 Å². The Kier molecular flexibility index (Phi) is 16.8. The second-order valence-corrected chi connectivity index (χ2v) is 19.5. The molecule has 2 heterocycles. The predicted molar refractivity (Wildman–Crippen MR) is 81.5 cm³/mol. The van der Waals surface area contributed by atoms with E-state index in [0.29, 0.717) is 11.2 Å². The average Bonchev–Trinajstić information content (AvgIpc) is 2.35. The molecule has 0 aromatic rings. The van der Waals surface area contributed by atoms with Crippen molar-refractivity contribution < 1.29 is 11.2 Å². The van der Waals surface area contributed by atoms with Crippen LogP contribution in [0.2, 0.25) is 0 Å². The molecule has 0 saturated carbocycles. The SMILES string of the molecule is C1=CC[N-]C=C1.C1CC[N-]CC1.[I][Pt+2][I]. The van der Waals surface area contributed by atoms with Gasteiger partial charge in [-0.3, -0.25) is 0 Å².